The summed E-state index contributed by atoms with van der Waals surface area (Å²) in [5.41, 5.74) is 1.73. The van der Waals surface area contributed by atoms with Crippen molar-refractivity contribution < 1.29 is 18.4 Å². The van der Waals surface area contributed by atoms with Crippen LogP contribution in [0.1, 0.15) is 32.0 Å². The van der Waals surface area contributed by atoms with Crippen molar-refractivity contribution in [1.29, 1.82) is 0 Å². The second kappa shape index (κ2) is 8.80. The Labute approximate surface area is 156 Å². The minimum Gasteiger partial charge on any atom is -0.467 e. The minimum absolute atomic E-state index is 0.266. The van der Waals surface area contributed by atoms with Crippen LogP contribution in [0.5, 0.6) is 0 Å². The third-order valence-electron chi connectivity index (χ3n) is 4.00. The maximum absolute atomic E-state index is 12.9. The molecule has 0 spiro atoms. The van der Waals surface area contributed by atoms with Gasteiger partial charge in [-0.1, -0.05) is 18.2 Å². The molecule has 0 radical (unpaired) electrons. The Morgan fingerprint density at radius 2 is 1.59 bits per heavy atom. The summed E-state index contributed by atoms with van der Waals surface area (Å²) in [6, 6.07) is 16.2. The maximum atomic E-state index is 12.9. The number of benzene rings is 2. The zero-order valence-corrected chi connectivity index (χ0v) is 14.6. The molecular formula is C21H19FN2O3. The van der Waals surface area contributed by atoms with Gasteiger partial charge in [-0.3, -0.25) is 9.59 Å². The number of furan rings is 1. The Hall–Kier alpha value is -3.41. The molecule has 1 aromatic heterocycles. The van der Waals surface area contributed by atoms with Crippen LogP contribution >= 0.6 is 0 Å². The van der Waals surface area contributed by atoms with Gasteiger partial charge >= 0.3 is 0 Å². The highest BCUT2D eigenvalue weighted by molar-refractivity contribution is 5.99. The van der Waals surface area contributed by atoms with Gasteiger partial charge in [-0.25, -0.2) is 4.39 Å². The van der Waals surface area contributed by atoms with E-state index >= 15 is 0 Å². The van der Waals surface area contributed by atoms with Gasteiger partial charge in [0, 0.05) is 17.7 Å². The highest BCUT2D eigenvalue weighted by Gasteiger charge is 2.10. The van der Waals surface area contributed by atoms with Gasteiger partial charge in [0.05, 0.1) is 12.8 Å². The molecule has 3 aromatic rings. The lowest BCUT2D eigenvalue weighted by Crippen LogP contribution is -2.27. The second-order valence-corrected chi connectivity index (χ2v) is 5.98. The molecule has 3 rings (SSSR count). The fourth-order valence-corrected chi connectivity index (χ4v) is 2.56. The Kier molecular flexibility index (Phi) is 5.99. The highest BCUT2D eigenvalue weighted by atomic mass is 19.1. The summed E-state index contributed by atoms with van der Waals surface area (Å²) in [6.07, 6.45) is 2.13. The van der Waals surface area contributed by atoms with Gasteiger partial charge in [-0.15, -0.1) is 0 Å². The summed E-state index contributed by atoms with van der Waals surface area (Å²) in [5, 5.41) is 5.54. The number of rotatable bonds is 7. The summed E-state index contributed by atoms with van der Waals surface area (Å²) < 4.78 is 18.1. The smallest absolute Gasteiger partial charge is 0.251 e. The van der Waals surface area contributed by atoms with E-state index in [2.05, 4.69) is 10.6 Å². The molecule has 0 saturated heterocycles. The van der Waals surface area contributed by atoms with E-state index < -0.39 is 0 Å². The van der Waals surface area contributed by atoms with E-state index in [1.165, 1.54) is 12.1 Å². The lowest BCUT2D eigenvalue weighted by Gasteiger charge is -2.08. The number of carbonyl (C=O) groups is 2. The van der Waals surface area contributed by atoms with Crippen LogP contribution in [0.15, 0.2) is 71.3 Å². The molecular weight excluding hydrogens is 347 g/mol. The maximum Gasteiger partial charge on any atom is 0.251 e. The first kappa shape index (κ1) is 18.4. The van der Waals surface area contributed by atoms with Crippen molar-refractivity contribution in [2.75, 3.05) is 6.54 Å². The van der Waals surface area contributed by atoms with E-state index in [9.17, 15) is 14.0 Å². The fourth-order valence-electron chi connectivity index (χ4n) is 2.56. The molecule has 0 fully saturated rings. The van der Waals surface area contributed by atoms with Crippen LogP contribution in [0.4, 0.5) is 4.39 Å². The van der Waals surface area contributed by atoms with Gasteiger partial charge in [0.15, 0.2) is 0 Å². The van der Waals surface area contributed by atoms with E-state index in [4.69, 9.17) is 4.42 Å². The highest BCUT2D eigenvalue weighted by Crippen LogP contribution is 2.07. The monoisotopic (exact) mass is 366 g/mol. The summed E-state index contributed by atoms with van der Waals surface area (Å²) in [6.45, 7) is 0.694. The van der Waals surface area contributed by atoms with Crippen molar-refractivity contribution >= 4 is 11.8 Å². The zero-order chi connectivity index (χ0) is 19.1. The molecule has 0 atom stereocenters. The van der Waals surface area contributed by atoms with Gasteiger partial charge < -0.3 is 15.1 Å². The Balaban J connectivity index is 1.53. The Morgan fingerprint density at radius 1 is 0.889 bits per heavy atom. The first-order valence-electron chi connectivity index (χ1n) is 8.55. The molecule has 138 valence electrons. The third kappa shape index (κ3) is 5.28. The second-order valence-electron chi connectivity index (χ2n) is 5.98. The molecule has 27 heavy (non-hydrogen) atoms. The van der Waals surface area contributed by atoms with Crippen molar-refractivity contribution in [3.63, 3.8) is 0 Å². The van der Waals surface area contributed by atoms with Crippen molar-refractivity contribution in [1.82, 2.24) is 10.6 Å². The van der Waals surface area contributed by atoms with E-state index in [1.807, 2.05) is 0 Å². The predicted octanol–water partition coefficient (Wildman–Crippen LogP) is 3.32. The van der Waals surface area contributed by atoms with Crippen LogP contribution < -0.4 is 10.6 Å². The molecule has 0 bridgehead atoms. The molecule has 5 nitrogen and oxygen atoms in total. The number of halogens is 1. The van der Waals surface area contributed by atoms with Gasteiger partial charge in [0.25, 0.3) is 11.8 Å². The van der Waals surface area contributed by atoms with Gasteiger partial charge in [-0.05, 0) is 54.4 Å². The van der Waals surface area contributed by atoms with Crippen molar-refractivity contribution in [2.24, 2.45) is 0 Å². The van der Waals surface area contributed by atoms with Crippen molar-refractivity contribution in [3.8, 4) is 0 Å². The average molecular weight is 366 g/mol. The lowest BCUT2D eigenvalue weighted by molar-refractivity contribution is 0.0948. The zero-order valence-electron chi connectivity index (χ0n) is 14.6. The minimum atomic E-state index is -0.287. The summed E-state index contributed by atoms with van der Waals surface area (Å²) in [7, 11) is 0. The summed E-state index contributed by atoms with van der Waals surface area (Å²) in [5.74, 6) is -0.187. The van der Waals surface area contributed by atoms with Crippen LogP contribution in [0.25, 0.3) is 0 Å². The van der Waals surface area contributed by atoms with Crippen LogP contribution in [-0.4, -0.2) is 18.4 Å². The molecule has 0 aliphatic carbocycles. The molecule has 2 amide bonds. The average Bonchev–Trinajstić information content (AvgIpc) is 3.21. The van der Waals surface area contributed by atoms with Crippen LogP contribution in [0.2, 0.25) is 0 Å². The van der Waals surface area contributed by atoms with Gasteiger partial charge in [0.2, 0.25) is 0 Å². The van der Waals surface area contributed by atoms with Gasteiger partial charge in [-0.2, -0.15) is 0 Å². The molecule has 1 heterocycles. The van der Waals surface area contributed by atoms with Crippen LogP contribution in [-0.2, 0) is 13.0 Å². The predicted molar refractivity (Wildman–Crippen MR) is 98.8 cm³/mol. The first-order chi connectivity index (χ1) is 13.1. The molecule has 0 saturated carbocycles. The molecule has 2 aromatic carbocycles. The fraction of sp³-hybridized carbons (Fsp3) is 0.143. The van der Waals surface area contributed by atoms with Crippen LogP contribution in [0, 0.1) is 5.82 Å². The van der Waals surface area contributed by atoms with E-state index in [1.54, 1.807) is 54.8 Å². The van der Waals surface area contributed by atoms with E-state index in [0.717, 1.165) is 5.56 Å². The summed E-state index contributed by atoms with van der Waals surface area (Å²) >= 11 is 0. The molecule has 6 heteroatoms. The molecule has 0 unspecified atom stereocenters. The third-order valence-corrected chi connectivity index (χ3v) is 4.00. The summed E-state index contributed by atoms with van der Waals surface area (Å²) in [4.78, 5) is 24.5. The molecule has 2 N–H and O–H groups in total. The van der Waals surface area contributed by atoms with Crippen LogP contribution in [0.3, 0.4) is 0 Å². The molecule has 0 aliphatic rings. The number of hydrogen-bond donors (Lipinski definition) is 2. The number of carbonyl (C=O) groups excluding carboxylic acids is 2. The molecule has 0 aliphatic heterocycles. The number of amides is 2. The topological polar surface area (TPSA) is 71.3 Å². The van der Waals surface area contributed by atoms with Gasteiger partial charge in [0.1, 0.15) is 11.6 Å². The normalized spacial score (nSPS) is 10.4. The van der Waals surface area contributed by atoms with Crippen molar-refractivity contribution in [2.45, 2.75) is 13.0 Å². The SMILES string of the molecule is O=C(NCCc1ccc(F)cc1)c1cccc(C(=O)NCc2ccco2)c1. The Morgan fingerprint density at radius 3 is 2.26 bits per heavy atom. The first-order valence-corrected chi connectivity index (χ1v) is 8.55. The number of hydrogen-bond acceptors (Lipinski definition) is 3. The Bertz CT molecular complexity index is 905. The number of nitrogens with one attached hydrogen (secondary N) is 2. The standard InChI is InChI=1S/C21H19FN2O3/c22-18-8-6-15(7-9-18)10-11-23-20(25)16-3-1-4-17(13-16)21(26)24-14-19-5-2-12-27-19/h1-9,12-13H,10-11,14H2,(H,23,25)(H,24,26). The lowest BCUT2D eigenvalue weighted by atomic mass is 10.1. The largest absolute Gasteiger partial charge is 0.467 e. The van der Waals surface area contributed by atoms with E-state index in [-0.39, 0.29) is 24.2 Å². The van der Waals surface area contributed by atoms with Crippen molar-refractivity contribution in [3.05, 3.63) is 95.2 Å². The quantitative estimate of drug-likeness (QED) is 0.674. The van der Waals surface area contributed by atoms with E-state index in [0.29, 0.717) is 29.9 Å².